The van der Waals surface area contributed by atoms with Crippen molar-refractivity contribution in [2.24, 2.45) is 0 Å². The molecule has 0 aliphatic heterocycles. The molecule has 0 aliphatic carbocycles. The second-order valence-corrected chi connectivity index (χ2v) is 6.42. The SMILES string of the molecule is O=C(Oc1ccc2c3ccccc3c3ccccc3c2c1)c1ccncc1. The third kappa shape index (κ3) is 2.61. The average Bonchev–Trinajstić information content (AvgIpc) is 2.74. The molecule has 0 radical (unpaired) electrons. The van der Waals surface area contributed by atoms with Crippen molar-refractivity contribution in [3.05, 3.63) is 96.8 Å². The van der Waals surface area contributed by atoms with Gasteiger partial charge in [-0.3, -0.25) is 4.98 Å². The maximum Gasteiger partial charge on any atom is 0.343 e. The van der Waals surface area contributed by atoms with Crippen molar-refractivity contribution < 1.29 is 9.53 Å². The molecule has 1 aromatic heterocycles. The first-order valence-electron chi connectivity index (χ1n) is 8.77. The summed E-state index contributed by atoms with van der Waals surface area (Å²) in [4.78, 5) is 16.3. The van der Waals surface area contributed by atoms with E-state index in [0.717, 1.165) is 16.2 Å². The Morgan fingerprint density at radius 1 is 0.630 bits per heavy atom. The van der Waals surface area contributed by atoms with E-state index in [2.05, 4.69) is 35.3 Å². The molecule has 1 heterocycles. The fraction of sp³-hybridized carbons (Fsp3) is 0. The van der Waals surface area contributed by atoms with Gasteiger partial charge in [0.1, 0.15) is 5.75 Å². The van der Waals surface area contributed by atoms with Gasteiger partial charge in [-0.05, 0) is 56.6 Å². The van der Waals surface area contributed by atoms with Crippen molar-refractivity contribution in [3.8, 4) is 5.75 Å². The molecule has 0 spiro atoms. The van der Waals surface area contributed by atoms with Gasteiger partial charge in [0.15, 0.2) is 0 Å². The minimum Gasteiger partial charge on any atom is -0.423 e. The first kappa shape index (κ1) is 15.5. The van der Waals surface area contributed by atoms with Crippen molar-refractivity contribution in [1.82, 2.24) is 4.98 Å². The summed E-state index contributed by atoms with van der Waals surface area (Å²) in [5.74, 6) is 0.145. The van der Waals surface area contributed by atoms with E-state index in [-0.39, 0.29) is 5.97 Å². The monoisotopic (exact) mass is 349 g/mol. The van der Waals surface area contributed by atoms with Crippen LogP contribution in [0.2, 0.25) is 0 Å². The Balaban J connectivity index is 1.71. The Kier molecular flexibility index (Phi) is 3.58. The van der Waals surface area contributed by atoms with Crippen molar-refractivity contribution in [3.63, 3.8) is 0 Å². The van der Waals surface area contributed by atoms with Crippen LogP contribution in [0.4, 0.5) is 0 Å². The zero-order valence-electron chi connectivity index (χ0n) is 14.4. The van der Waals surface area contributed by atoms with Crippen LogP contribution in [0.1, 0.15) is 10.4 Å². The molecule has 0 N–H and O–H groups in total. The van der Waals surface area contributed by atoms with E-state index in [1.807, 2.05) is 36.4 Å². The number of benzene rings is 4. The molecule has 5 rings (SSSR count). The highest BCUT2D eigenvalue weighted by Crippen LogP contribution is 2.36. The lowest BCUT2D eigenvalue weighted by Crippen LogP contribution is -2.08. The summed E-state index contributed by atoms with van der Waals surface area (Å²) in [6.07, 6.45) is 3.16. The molecule has 5 aromatic rings. The quantitative estimate of drug-likeness (QED) is 0.231. The Morgan fingerprint density at radius 3 is 1.74 bits per heavy atom. The van der Waals surface area contributed by atoms with E-state index in [1.54, 1.807) is 24.5 Å². The van der Waals surface area contributed by atoms with Gasteiger partial charge in [0.25, 0.3) is 0 Å². The molecule has 3 heteroatoms. The molecule has 0 unspecified atom stereocenters. The first-order chi connectivity index (χ1) is 13.3. The fourth-order valence-corrected chi connectivity index (χ4v) is 3.60. The van der Waals surface area contributed by atoms with Crippen molar-refractivity contribution >= 4 is 38.3 Å². The molecule has 27 heavy (non-hydrogen) atoms. The Hall–Kier alpha value is -3.72. The minimum atomic E-state index is -0.387. The molecule has 128 valence electrons. The maximum absolute atomic E-state index is 12.4. The number of ether oxygens (including phenoxy) is 1. The zero-order chi connectivity index (χ0) is 18.2. The highest BCUT2D eigenvalue weighted by Gasteiger charge is 2.12. The average molecular weight is 349 g/mol. The van der Waals surface area contributed by atoms with Crippen LogP contribution in [-0.4, -0.2) is 11.0 Å². The first-order valence-corrected chi connectivity index (χ1v) is 8.77. The van der Waals surface area contributed by atoms with Gasteiger partial charge in [-0.2, -0.15) is 0 Å². The lowest BCUT2D eigenvalue weighted by atomic mass is 9.94. The number of esters is 1. The van der Waals surface area contributed by atoms with Gasteiger partial charge < -0.3 is 4.74 Å². The third-order valence-electron chi connectivity index (χ3n) is 4.84. The second kappa shape index (κ2) is 6.22. The van der Waals surface area contributed by atoms with Crippen LogP contribution in [-0.2, 0) is 0 Å². The summed E-state index contributed by atoms with van der Waals surface area (Å²) in [6, 6.07) is 25.8. The van der Waals surface area contributed by atoms with Crippen LogP contribution >= 0.6 is 0 Å². The number of hydrogen-bond acceptors (Lipinski definition) is 3. The molecular formula is C24H15NO2. The topological polar surface area (TPSA) is 39.2 Å². The number of pyridine rings is 1. The molecule has 3 nitrogen and oxygen atoms in total. The van der Waals surface area contributed by atoms with E-state index >= 15 is 0 Å². The van der Waals surface area contributed by atoms with Gasteiger partial charge in [0.05, 0.1) is 5.56 Å². The summed E-state index contributed by atoms with van der Waals surface area (Å²) < 4.78 is 5.60. The summed E-state index contributed by atoms with van der Waals surface area (Å²) >= 11 is 0. The molecule has 4 aromatic carbocycles. The lowest BCUT2D eigenvalue weighted by molar-refractivity contribution is 0.0735. The van der Waals surface area contributed by atoms with Crippen LogP contribution < -0.4 is 4.74 Å². The van der Waals surface area contributed by atoms with Gasteiger partial charge in [-0.15, -0.1) is 0 Å². The van der Waals surface area contributed by atoms with Gasteiger partial charge in [0, 0.05) is 12.4 Å². The van der Waals surface area contributed by atoms with Crippen molar-refractivity contribution in [1.29, 1.82) is 0 Å². The van der Waals surface area contributed by atoms with Crippen LogP contribution in [0.5, 0.6) is 5.75 Å². The van der Waals surface area contributed by atoms with Crippen molar-refractivity contribution in [2.45, 2.75) is 0 Å². The van der Waals surface area contributed by atoms with Crippen molar-refractivity contribution in [2.75, 3.05) is 0 Å². The zero-order valence-corrected chi connectivity index (χ0v) is 14.4. The number of fused-ring (bicyclic) bond motifs is 6. The number of carbonyl (C=O) groups excluding carboxylic acids is 1. The Labute approximate surface area is 155 Å². The number of rotatable bonds is 2. The van der Waals surface area contributed by atoms with Gasteiger partial charge in [0.2, 0.25) is 0 Å². The molecule has 0 amide bonds. The molecule has 0 bridgehead atoms. The Bertz CT molecular complexity index is 1270. The predicted octanol–water partition coefficient (Wildman–Crippen LogP) is 5.76. The summed E-state index contributed by atoms with van der Waals surface area (Å²) in [5.41, 5.74) is 0.480. The third-order valence-corrected chi connectivity index (χ3v) is 4.84. The van der Waals surface area contributed by atoms with Gasteiger partial charge in [-0.1, -0.05) is 54.6 Å². The van der Waals surface area contributed by atoms with Crippen LogP contribution in [0.25, 0.3) is 32.3 Å². The fourth-order valence-electron chi connectivity index (χ4n) is 3.60. The van der Waals surface area contributed by atoms with E-state index in [0.29, 0.717) is 11.3 Å². The van der Waals surface area contributed by atoms with E-state index < -0.39 is 0 Å². The molecule has 0 aliphatic rings. The van der Waals surface area contributed by atoms with Crippen LogP contribution in [0.15, 0.2) is 91.3 Å². The second-order valence-electron chi connectivity index (χ2n) is 6.42. The van der Waals surface area contributed by atoms with E-state index in [1.165, 1.54) is 16.2 Å². The largest absolute Gasteiger partial charge is 0.423 e. The molecular weight excluding hydrogens is 334 g/mol. The standard InChI is InChI=1S/C24H15NO2/c26-24(16-11-13-25-14-12-16)27-17-9-10-22-20-7-2-1-5-18(20)19-6-3-4-8-21(19)23(22)15-17/h1-15H. The van der Waals surface area contributed by atoms with Crippen LogP contribution in [0, 0.1) is 0 Å². The van der Waals surface area contributed by atoms with Crippen LogP contribution in [0.3, 0.4) is 0 Å². The molecule has 0 saturated heterocycles. The Morgan fingerprint density at radius 2 is 1.15 bits per heavy atom. The molecule has 0 fully saturated rings. The molecule has 0 atom stereocenters. The highest BCUT2D eigenvalue weighted by atomic mass is 16.5. The summed E-state index contributed by atoms with van der Waals surface area (Å²) in [7, 11) is 0. The number of nitrogens with zero attached hydrogens (tertiary/aromatic N) is 1. The van der Waals surface area contributed by atoms with Gasteiger partial charge >= 0.3 is 5.97 Å². The van der Waals surface area contributed by atoms with Gasteiger partial charge in [-0.25, -0.2) is 4.79 Å². The number of aromatic nitrogens is 1. The maximum atomic E-state index is 12.4. The summed E-state index contributed by atoms with van der Waals surface area (Å²) in [5, 5.41) is 6.98. The number of hydrogen-bond donors (Lipinski definition) is 0. The van der Waals surface area contributed by atoms with E-state index in [4.69, 9.17) is 4.74 Å². The summed E-state index contributed by atoms with van der Waals surface area (Å²) in [6.45, 7) is 0. The lowest BCUT2D eigenvalue weighted by Gasteiger charge is -2.12. The predicted molar refractivity (Wildman–Crippen MR) is 108 cm³/mol. The van der Waals surface area contributed by atoms with E-state index in [9.17, 15) is 4.79 Å². The number of carbonyl (C=O) groups is 1. The normalized spacial score (nSPS) is 11.1. The minimum absolute atomic E-state index is 0.387. The smallest absolute Gasteiger partial charge is 0.343 e. The highest BCUT2D eigenvalue weighted by molar-refractivity contribution is 6.25. The molecule has 0 saturated carbocycles.